The highest BCUT2D eigenvalue weighted by Crippen LogP contribution is 2.34. The van der Waals surface area contributed by atoms with E-state index in [0.717, 1.165) is 41.3 Å². The van der Waals surface area contributed by atoms with Gasteiger partial charge in [-0.25, -0.2) is 0 Å². The van der Waals surface area contributed by atoms with E-state index in [4.69, 9.17) is 4.74 Å². The fourth-order valence-corrected chi connectivity index (χ4v) is 4.01. The number of esters is 1. The Bertz CT molecular complexity index is 635. The van der Waals surface area contributed by atoms with Crippen LogP contribution in [-0.4, -0.2) is 29.4 Å². The highest BCUT2D eigenvalue weighted by atomic mass is 79.9. The normalized spacial score (nSPS) is 23.5. The molecule has 1 aromatic carbocycles. The number of carbonyl (C=O) groups excluding carboxylic acids is 2. The maximum absolute atomic E-state index is 12.6. The number of nitrogens with zero attached hydrogens (tertiary/aromatic N) is 1. The average molecular weight is 394 g/mol. The second kappa shape index (κ2) is 7.26. The highest BCUT2D eigenvalue weighted by Gasteiger charge is 2.36. The first-order chi connectivity index (χ1) is 11.5. The van der Waals surface area contributed by atoms with Gasteiger partial charge >= 0.3 is 5.97 Å². The fourth-order valence-electron chi connectivity index (χ4n) is 3.60. The van der Waals surface area contributed by atoms with Crippen molar-refractivity contribution in [3.05, 3.63) is 33.8 Å². The molecule has 1 aliphatic heterocycles. The van der Waals surface area contributed by atoms with Crippen LogP contribution in [-0.2, 0) is 16.1 Å². The lowest BCUT2D eigenvalue weighted by atomic mass is 9.85. The second-order valence-corrected chi connectivity index (χ2v) is 8.18. The number of carbonyl (C=O) groups is 2. The number of fused-ring (bicyclic) bond motifs is 1. The first-order valence-corrected chi connectivity index (χ1v) is 9.51. The number of hydrogen-bond donors (Lipinski definition) is 0. The maximum atomic E-state index is 12.6. The van der Waals surface area contributed by atoms with Crippen molar-refractivity contribution in [2.75, 3.05) is 6.61 Å². The number of benzene rings is 1. The molecule has 0 unspecified atom stereocenters. The van der Waals surface area contributed by atoms with Gasteiger partial charge in [-0.1, -0.05) is 29.8 Å². The summed E-state index contributed by atoms with van der Waals surface area (Å²) in [5.41, 5.74) is 1.91. The van der Waals surface area contributed by atoms with Crippen molar-refractivity contribution < 1.29 is 14.3 Å². The lowest BCUT2D eigenvalue weighted by molar-refractivity contribution is -0.151. The van der Waals surface area contributed by atoms with E-state index in [-0.39, 0.29) is 23.8 Å². The topological polar surface area (TPSA) is 46.6 Å². The van der Waals surface area contributed by atoms with Gasteiger partial charge in [0.25, 0.3) is 5.91 Å². The monoisotopic (exact) mass is 393 g/mol. The zero-order valence-electron chi connectivity index (χ0n) is 14.3. The molecule has 2 aliphatic rings. The van der Waals surface area contributed by atoms with Crippen LogP contribution < -0.4 is 0 Å². The Hall–Kier alpha value is -1.36. The molecule has 130 valence electrons. The zero-order valence-corrected chi connectivity index (χ0v) is 15.8. The standard InChI is InChI=1S/C19H24BrNO3/c1-12(2)11-24-19(23)13-3-6-16(7-4-13)21-10-14-9-15(20)5-8-17(14)18(21)22/h5,8-9,12-13,16H,3-4,6-7,10-11H2,1-2H3. The third-order valence-electron chi connectivity index (χ3n) is 4.93. The van der Waals surface area contributed by atoms with Crippen LogP contribution in [0.2, 0.25) is 0 Å². The molecule has 24 heavy (non-hydrogen) atoms. The van der Waals surface area contributed by atoms with E-state index in [1.165, 1.54) is 0 Å². The van der Waals surface area contributed by atoms with Gasteiger partial charge in [0, 0.05) is 22.6 Å². The zero-order chi connectivity index (χ0) is 17.3. The van der Waals surface area contributed by atoms with E-state index in [2.05, 4.69) is 15.9 Å². The van der Waals surface area contributed by atoms with Gasteiger partial charge in [-0.05, 0) is 55.4 Å². The number of halogens is 1. The number of hydrogen-bond acceptors (Lipinski definition) is 3. The van der Waals surface area contributed by atoms with Crippen molar-refractivity contribution in [2.45, 2.75) is 52.1 Å². The van der Waals surface area contributed by atoms with Crippen LogP contribution in [0.4, 0.5) is 0 Å². The van der Waals surface area contributed by atoms with Crippen LogP contribution in [0.5, 0.6) is 0 Å². The molecule has 0 saturated heterocycles. The largest absolute Gasteiger partial charge is 0.465 e. The summed E-state index contributed by atoms with van der Waals surface area (Å²) >= 11 is 3.47. The average Bonchev–Trinajstić information content (AvgIpc) is 2.89. The maximum Gasteiger partial charge on any atom is 0.308 e. The van der Waals surface area contributed by atoms with Crippen LogP contribution >= 0.6 is 15.9 Å². The Labute approximate surface area is 151 Å². The van der Waals surface area contributed by atoms with Crippen molar-refractivity contribution in [3.8, 4) is 0 Å². The molecule has 1 aromatic rings. The van der Waals surface area contributed by atoms with Crippen molar-refractivity contribution >= 4 is 27.8 Å². The number of ether oxygens (including phenoxy) is 1. The van der Waals surface area contributed by atoms with Gasteiger partial charge in [0.1, 0.15) is 0 Å². The number of rotatable bonds is 4. The van der Waals surface area contributed by atoms with Gasteiger partial charge in [-0.2, -0.15) is 0 Å². The summed E-state index contributed by atoms with van der Waals surface area (Å²) in [7, 11) is 0. The molecule has 4 nitrogen and oxygen atoms in total. The van der Waals surface area contributed by atoms with Gasteiger partial charge in [-0.15, -0.1) is 0 Å². The van der Waals surface area contributed by atoms with E-state index < -0.39 is 0 Å². The minimum absolute atomic E-state index is 0.00535. The molecule has 0 bridgehead atoms. The summed E-state index contributed by atoms with van der Waals surface area (Å²) < 4.78 is 6.37. The fraction of sp³-hybridized carbons (Fsp3) is 0.579. The van der Waals surface area contributed by atoms with Gasteiger partial charge in [0.15, 0.2) is 0 Å². The molecule has 1 fully saturated rings. The first-order valence-electron chi connectivity index (χ1n) is 8.71. The lowest BCUT2D eigenvalue weighted by Gasteiger charge is -2.33. The Morgan fingerprint density at radius 2 is 2.00 bits per heavy atom. The molecule has 3 rings (SSSR count). The Morgan fingerprint density at radius 3 is 2.67 bits per heavy atom. The van der Waals surface area contributed by atoms with Crippen LogP contribution in [0.15, 0.2) is 22.7 Å². The minimum atomic E-state index is -0.0675. The predicted octanol–water partition coefficient (Wildman–Crippen LogP) is 4.16. The van der Waals surface area contributed by atoms with Gasteiger partial charge in [-0.3, -0.25) is 9.59 Å². The minimum Gasteiger partial charge on any atom is -0.465 e. The summed E-state index contributed by atoms with van der Waals surface area (Å²) in [6.45, 7) is 5.26. The second-order valence-electron chi connectivity index (χ2n) is 7.26. The Morgan fingerprint density at radius 1 is 1.29 bits per heavy atom. The van der Waals surface area contributed by atoms with Crippen molar-refractivity contribution in [1.82, 2.24) is 4.90 Å². The highest BCUT2D eigenvalue weighted by molar-refractivity contribution is 9.10. The SMILES string of the molecule is CC(C)COC(=O)C1CCC(N2Cc3cc(Br)ccc3C2=O)CC1. The predicted molar refractivity (Wildman–Crippen MR) is 95.6 cm³/mol. The molecule has 1 aliphatic carbocycles. The molecular formula is C19H24BrNO3. The molecule has 1 heterocycles. The van der Waals surface area contributed by atoms with E-state index >= 15 is 0 Å². The smallest absolute Gasteiger partial charge is 0.308 e. The molecule has 1 saturated carbocycles. The van der Waals surface area contributed by atoms with Crippen molar-refractivity contribution in [2.24, 2.45) is 11.8 Å². The number of amides is 1. The Kier molecular flexibility index (Phi) is 5.28. The summed E-state index contributed by atoms with van der Waals surface area (Å²) in [4.78, 5) is 26.7. The molecule has 1 amide bonds. The van der Waals surface area contributed by atoms with Crippen LogP contribution in [0, 0.1) is 11.8 Å². The molecule has 0 atom stereocenters. The van der Waals surface area contributed by atoms with E-state index in [0.29, 0.717) is 19.1 Å². The molecule has 5 heteroatoms. The van der Waals surface area contributed by atoms with Crippen LogP contribution in [0.25, 0.3) is 0 Å². The van der Waals surface area contributed by atoms with Gasteiger partial charge in [0.05, 0.1) is 12.5 Å². The molecule has 0 N–H and O–H groups in total. The molecule has 0 radical (unpaired) electrons. The first kappa shape index (κ1) is 17.5. The lowest BCUT2D eigenvalue weighted by Crippen LogP contribution is -2.39. The van der Waals surface area contributed by atoms with Crippen LogP contribution in [0.1, 0.15) is 55.5 Å². The van der Waals surface area contributed by atoms with Gasteiger partial charge < -0.3 is 9.64 Å². The summed E-state index contributed by atoms with van der Waals surface area (Å²) in [5, 5.41) is 0. The molecule has 0 spiro atoms. The van der Waals surface area contributed by atoms with E-state index in [9.17, 15) is 9.59 Å². The quantitative estimate of drug-likeness (QED) is 0.721. The van der Waals surface area contributed by atoms with E-state index in [1.807, 2.05) is 36.9 Å². The third-order valence-corrected chi connectivity index (χ3v) is 5.42. The van der Waals surface area contributed by atoms with Gasteiger partial charge in [0.2, 0.25) is 0 Å². The molecular weight excluding hydrogens is 370 g/mol. The van der Waals surface area contributed by atoms with E-state index in [1.54, 1.807) is 0 Å². The summed E-state index contributed by atoms with van der Waals surface area (Å²) in [5.74, 6) is 0.421. The summed E-state index contributed by atoms with van der Waals surface area (Å²) in [6, 6.07) is 6.08. The third kappa shape index (κ3) is 3.66. The Balaban J connectivity index is 1.56. The summed E-state index contributed by atoms with van der Waals surface area (Å²) in [6.07, 6.45) is 3.38. The van der Waals surface area contributed by atoms with Crippen molar-refractivity contribution in [1.29, 1.82) is 0 Å². The van der Waals surface area contributed by atoms with Crippen LogP contribution in [0.3, 0.4) is 0 Å². The van der Waals surface area contributed by atoms with Crippen molar-refractivity contribution in [3.63, 3.8) is 0 Å². The molecule has 0 aromatic heterocycles.